The van der Waals surface area contributed by atoms with Crippen LogP contribution in [0.3, 0.4) is 0 Å². The molecule has 4 heterocycles. The van der Waals surface area contributed by atoms with Crippen molar-refractivity contribution in [2.75, 3.05) is 33.3 Å². The molecule has 1 N–H and O–H groups in total. The molecule has 11 nitrogen and oxygen atoms in total. The van der Waals surface area contributed by atoms with E-state index in [4.69, 9.17) is 4.74 Å². The van der Waals surface area contributed by atoms with Crippen LogP contribution in [-0.2, 0) is 12.1 Å². The van der Waals surface area contributed by atoms with Gasteiger partial charge in [-0.05, 0) is 37.3 Å². The van der Waals surface area contributed by atoms with Crippen LogP contribution >= 0.6 is 11.3 Å². The molecule has 0 bridgehead atoms. The quantitative estimate of drug-likeness (QED) is 0.250. The molecule has 6 rings (SSSR count). The molecular weight excluding hydrogens is 592 g/mol. The minimum Gasteiger partial charge on any atom is -0.497 e. The molecule has 14 heteroatoms. The second kappa shape index (κ2) is 11.9. The van der Waals surface area contributed by atoms with Crippen molar-refractivity contribution in [3.63, 3.8) is 0 Å². The Balaban J connectivity index is 1.17. The Hall–Kier alpha value is -4.53. The Labute approximate surface area is 254 Å². The van der Waals surface area contributed by atoms with Crippen molar-refractivity contribution in [2.24, 2.45) is 0 Å². The third-order valence-corrected chi connectivity index (χ3v) is 9.10. The van der Waals surface area contributed by atoms with E-state index in [-0.39, 0.29) is 23.8 Å². The van der Waals surface area contributed by atoms with Crippen LogP contribution < -0.4 is 4.74 Å². The second-order valence-electron chi connectivity index (χ2n) is 10.6. The van der Waals surface area contributed by atoms with E-state index >= 15 is 0 Å². The van der Waals surface area contributed by atoms with Crippen molar-refractivity contribution < 1.29 is 28.2 Å². The number of rotatable bonds is 9. The molecule has 0 aliphatic carbocycles. The number of aromatic nitrogens is 5. The van der Waals surface area contributed by atoms with Crippen LogP contribution in [0.15, 0.2) is 67.5 Å². The number of aliphatic hydroxyl groups is 1. The molecule has 1 aliphatic heterocycles. The molecule has 2 atom stereocenters. The molecule has 3 aromatic heterocycles. The van der Waals surface area contributed by atoms with Gasteiger partial charge in [0.05, 0.1) is 19.9 Å². The van der Waals surface area contributed by atoms with Gasteiger partial charge < -0.3 is 14.7 Å². The Kier molecular flexibility index (Phi) is 7.97. The number of benzene rings is 2. The average molecular weight is 622 g/mol. The van der Waals surface area contributed by atoms with Gasteiger partial charge in [-0.2, -0.15) is 5.10 Å². The fourth-order valence-corrected chi connectivity index (χ4v) is 6.48. The zero-order valence-electron chi connectivity index (χ0n) is 23.9. The van der Waals surface area contributed by atoms with Crippen LogP contribution in [0.1, 0.15) is 38.2 Å². The number of amides is 1. The van der Waals surface area contributed by atoms with Gasteiger partial charge in [0.25, 0.3) is 5.91 Å². The summed E-state index contributed by atoms with van der Waals surface area (Å²) in [6, 6.07) is 9.26. The summed E-state index contributed by atoms with van der Waals surface area (Å²) in [7, 11) is 1.55. The summed E-state index contributed by atoms with van der Waals surface area (Å²) in [5.41, 5.74) is -1.01. The van der Waals surface area contributed by atoms with Gasteiger partial charge in [0.2, 0.25) is 5.78 Å². The predicted molar refractivity (Wildman–Crippen MR) is 157 cm³/mol. The van der Waals surface area contributed by atoms with Gasteiger partial charge in [0.1, 0.15) is 46.2 Å². The molecule has 0 spiro atoms. The van der Waals surface area contributed by atoms with E-state index in [1.807, 2.05) is 4.90 Å². The Morgan fingerprint density at radius 2 is 1.86 bits per heavy atom. The van der Waals surface area contributed by atoms with Gasteiger partial charge in [-0.25, -0.2) is 23.4 Å². The number of hydrogen-bond acceptors (Lipinski definition) is 9. The zero-order chi connectivity index (χ0) is 31.0. The molecule has 228 valence electrons. The number of thiazole rings is 1. The molecule has 5 aromatic rings. The predicted octanol–water partition coefficient (Wildman–Crippen LogP) is 3.24. The van der Waals surface area contributed by atoms with Crippen LogP contribution in [0.4, 0.5) is 8.78 Å². The summed E-state index contributed by atoms with van der Waals surface area (Å²) in [4.78, 5) is 39.5. The highest BCUT2D eigenvalue weighted by molar-refractivity contribution is 7.18. The first-order chi connectivity index (χ1) is 21.2. The number of imidazole rings is 1. The number of ketones is 1. The highest BCUT2D eigenvalue weighted by atomic mass is 32.1. The summed E-state index contributed by atoms with van der Waals surface area (Å²) in [5.74, 6) is -1.39. The van der Waals surface area contributed by atoms with E-state index in [1.54, 1.807) is 53.8 Å². The molecule has 1 aliphatic rings. The third kappa shape index (κ3) is 5.47. The normalized spacial score (nSPS) is 16.2. The van der Waals surface area contributed by atoms with Gasteiger partial charge in [0.15, 0.2) is 4.96 Å². The van der Waals surface area contributed by atoms with Crippen molar-refractivity contribution in [1.29, 1.82) is 0 Å². The third-order valence-electron chi connectivity index (χ3n) is 8.11. The smallest absolute Gasteiger partial charge is 0.265 e. The lowest BCUT2D eigenvalue weighted by molar-refractivity contribution is -0.0719. The van der Waals surface area contributed by atoms with Gasteiger partial charge >= 0.3 is 0 Å². The number of carbonyl (C=O) groups excluding carboxylic acids is 2. The van der Waals surface area contributed by atoms with Crippen LogP contribution in [0.2, 0.25) is 0 Å². The molecule has 2 aromatic carbocycles. The first-order valence-electron chi connectivity index (χ1n) is 13.9. The summed E-state index contributed by atoms with van der Waals surface area (Å²) in [6.45, 7) is 3.17. The number of fused-ring (bicyclic) bond motifs is 1. The van der Waals surface area contributed by atoms with E-state index in [0.717, 1.165) is 12.1 Å². The van der Waals surface area contributed by atoms with E-state index in [1.165, 1.54) is 40.9 Å². The van der Waals surface area contributed by atoms with Gasteiger partial charge in [-0.1, -0.05) is 17.4 Å². The minimum absolute atomic E-state index is 0.0534. The molecule has 0 saturated carbocycles. The highest BCUT2D eigenvalue weighted by Gasteiger charge is 2.43. The van der Waals surface area contributed by atoms with E-state index in [9.17, 15) is 23.5 Å². The number of hydrogen-bond donors (Lipinski definition) is 1. The van der Waals surface area contributed by atoms with Crippen molar-refractivity contribution in [2.45, 2.75) is 25.1 Å². The topological polar surface area (TPSA) is 118 Å². The lowest BCUT2D eigenvalue weighted by atomic mass is 9.85. The fraction of sp³-hybridized carbons (Fsp3) is 0.300. The number of piperazine rings is 1. The van der Waals surface area contributed by atoms with Crippen LogP contribution in [0, 0.1) is 11.6 Å². The number of carbonyl (C=O) groups is 2. The molecular formula is C30H29F2N7O4S. The molecule has 1 saturated heterocycles. The number of ether oxygens (including phenoxy) is 1. The van der Waals surface area contributed by atoms with Gasteiger partial charge in [-0.3, -0.25) is 18.9 Å². The maximum atomic E-state index is 15.0. The number of methoxy groups -OCH3 is 1. The maximum Gasteiger partial charge on any atom is 0.265 e. The van der Waals surface area contributed by atoms with Crippen molar-refractivity contribution >= 4 is 28.0 Å². The lowest BCUT2D eigenvalue weighted by Gasteiger charge is -2.44. The molecule has 1 fully saturated rings. The summed E-state index contributed by atoms with van der Waals surface area (Å²) >= 11 is 1.20. The van der Waals surface area contributed by atoms with E-state index in [2.05, 4.69) is 15.1 Å². The lowest BCUT2D eigenvalue weighted by Crippen LogP contribution is -2.58. The Morgan fingerprint density at radius 1 is 1.11 bits per heavy atom. The molecule has 0 radical (unpaired) electrons. The van der Waals surface area contributed by atoms with Crippen LogP contribution in [0.5, 0.6) is 5.75 Å². The Bertz CT molecular complexity index is 1800. The largest absolute Gasteiger partial charge is 0.497 e. The standard InChI is InChI=1S/C30H29F2N7O4S/c1-19(30(42,16-38-18-33-17-35-38)23-8-5-21(31)13-24(23)32)36-9-11-37(12-10-36)28(41)26-15-39-25(14-34-29(39)44-26)27(40)20-3-6-22(43-2)7-4-20/h3-8,13-15,17-19,42H,9-12,16H2,1-2H3. The number of nitrogens with zero attached hydrogens (tertiary/aromatic N) is 7. The van der Waals surface area contributed by atoms with Gasteiger partial charge in [0, 0.05) is 55.6 Å². The van der Waals surface area contributed by atoms with Crippen molar-refractivity contribution in [1.82, 2.24) is 33.9 Å². The summed E-state index contributed by atoms with van der Waals surface area (Å²) in [5, 5.41) is 16.0. The van der Waals surface area contributed by atoms with Crippen LogP contribution in [-0.4, -0.2) is 90.1 Å². The van der Waals surface area contributed by atoms with E-state index < -0.39 is 23.3 Å². The summed E-state index contributed by atoms with van der Waals surface area (Å²) < 4.78 is 36.9. The van der Waals surface area contributed by atoms with E-state index in [0.29, 0.717) is 53.0 Å². The second-order valence-corrected chi connectivity index (χ2v) is 11.6. The zero-order valence-corrected chi connectivity index (χ0v) is 24.7. The van der Waals surface area contributed by atoms with Gasteiger partial charge in [-0.15, -0.1) is 0 Å². The van der Waals surface area contributed by atoms with Crippen molar-refractivity contribution in [3.05, 3.63) is 101 Å². The monoisotopic (exact) mass is 621 g/mol. The Morgan fingerprint density at radius 3 is 2.52 bits per heavy atom. The van der Waals surface area contributed by atoms with Crippen molar-refractivity contribution in [3.8, 4) is 5.75 Å². The molecule has 44 heavy (non-hydrogen) atoms. The maximum absolute atomic E-state index is 15.0. The first kappa shape index (κ1) is 29.5. The molecule has 2 unspecified atom stereocenters. The highest BCUT2D eigenvalue weighted by Crippen LogP contribution is 2.33. The minimum atomic E-state index is -1.77. The SMILES string of the molecule is COc1ccc(C(=O)c2cnc3sc(C(=O)N4CCN(C(C)C(O)(Cn5cncn5)c5ccc(F)cc5F)CC4)cn23)cc1. The average Bonchev–Trinajstić information content (AvgIpc) is 3.78. The fourth-order valence-electron chi connectivity index (χ4n) is 5.56. The number of halogens is 2. The molecule has 1 amide bonds. The van der Waals surface area contributed by atoms with Crippen LogP contribution in [0.25, 0.3) is 4.96 Å². The summed E-state index contributed by atoms with van der Waals surface area (Å²) in [6.07, 6.45) is 5.87. The first-order valence-corrected chi connectivity index (χ1v) is 14.7.